The van der Waals surface area contributed by atoms with Crippen LogP contribution in [-0.4, -0.2) is 10.9 Å². The molecule has 0 fully saturated rings. The lowest BCUT2D eigenvalue weighted by molar-refractivity contribution is -0.385. The van der Waals surface area contributed by atoms with Crippen LogP contribution in [0.2, 0.25) is 5.02 Å². The molecular weight excluding hydrogens is 534 g/mol. The number of nitro groups is 1. The summed E-state index contributed by atoms with van der Waals surface area (Å²) < 4.78 is 17.0. The number of allylic oxidation sites excluding steroid dienone is 1. The van der Waals surface area contributed by atoms with Crippen molar-refractivity contribution in [3.8, 4) is 23.3 Å². The monoisotopic (exact) mass is 553 g/mol. The van der Waals surface area contributed by atoms with Crippen LogP contribution < -0.4 is 19.9 Å². The number of nitriles is 1. The van der Waals surface area contributed by atoms with Crippen molar-refractivity contribution in [2.45, 2.75) is 12.5 Å². The minimum Gasteiger partial charge on any atom is -0.489 e. The van der Waals surface area contributed by atoms with E-state index in [1.807, 2.05) is 30.3 Å². The number of esters is 1. The third-order valence-corrected chi connectivity index (χ3v) is 6.66. The van der Waals surface area contributed by atoms with E-state index in [9.17, 15) is 20.2 Å². The van der Waals surface area contributed by atoms with Gasteiger partial charge in [-0.25, -0.2) is 4.79 Å². The first-order chi connectivity index (χ1) is 19.4. The van der Waals surface area contributed by atoms with E-state index in [0.29, 0.717) is 22.9 Å². The normalized spacial score (nSPS) is 13.9. The van der Waals surface area contributed by atoms with Gasteiger partial charge in [-0.05, 0) is 35.9 Å². The van der Waals surface area contributed by atoms with Crippen molar-refractivity contribution in [3.63, 3.8) is 0 Å². The van der Waals surface area contributed by atoms with Gasteiger partial charge in [0.15, 0.2) is 0 Å². The van der Waals surface area contributed by atoms with E-state index in [1.54, 1.807) is 24.3 Å². The van der Waals surface area contributed by atoms with Gasteiger partial charge in [0.05, 0.1) is 10.8 Å². The smallest absolute Gasteiger partial charge is 0.350 e. The molecule has 2 N–H and O–H groups in total. The molecule has 0 saturated carbocycles. The lowest BCUT2D eigenvalue weighted by Crippen LogP contribution is -2.21. The van der Waals surface area contributed by atoms with Crippen LogP contribution >= 0.6 is 11.6 Å². The molecule has 0 saturated heterocycles. The fourth-order valence-electron chi connectivity index (χ4n) is 4.34. The molecule has 1 atom stereocenters. The van der Waals surface area contributed by atoms with Crippen molar-refractivity contribution >= 4 is 23.3 Å². The highest BCUT2D eigenvalue weighted by atomic mass is 35.5. The number of fused-ring (bicyclic) bond motifs is 1. The van der Waals surface area contributed by atoms with Crippen molar-refractivity contribution in [1.82, 2.24) is 0 Å². The van der Waals surface area contributed by atoms with Gasteiger partial charge in [-0.15, -0.1) is 0 Å². The molecule has 0 spiro atoms. The molecule has 198 valence electrons. The number of rotatable bonds is 7. The number of carbonyl (C=O) groups excluding carboxylic acids is 1. The standard InChI is InChI=1S/C30H20ClN3O6/c31-25-7-3-1-5-19(25)17-38-20-11-9-18(10-12-20)28-23-14-13-21(15-27(23)40-29(33)24(28)16-32)39-30(35)22-6-2-4-8-26(22)34(36)37/h1-15,28H,17,33H2. The molecule has 5 rings (SSSR count). The molecule has 0 aliphatic carbocycles. The highest BCUT2D eigenvalue weighted by Crippen LogP contribution is 2.43. The van der Waals surface area contributed by atoms with Gasteiger partial charge in [-0.1, -0.05) is 60.1 Å². The predicted molar refractivity (Wildman–Crippen MR) is 146 cm³/mol. The largest absolute Gasteiger partial charge is 0.489 e. The molecule has 1 aliphatic rings. The molecule has 0 radical (unpaired) electrons. The number of nitro benzene ring substituents is 1. The molecule has 1 heterocycles. The summed E-state index contributed by atoms with van der Waals surface area (Å²) in [7, 11) is 0. The number of carbonyl (C=O) groups is 1. The van der Waals surface area contributed by atoms with Gasteiger partial charge >= 0.3 is 5.97 Å². The Bertz CT molecular complexity index is 1690. The zero-order chi connectivity index (χ0) is 28.2. The molecular formula is C30H20ClN3O6. The number of para-hydroxylation sites is 1. The minimum atomic E-state index is -0.895. The van der Waals surface area contributed by atoms with Gasteiger partial charge in [-0.2, -0.15) is 5.26 Å². The summed E-state index contributed by atoms with van der Waals surface area (Å²) >= 11 is 6.21. The van der Waals surface area contributed by atoms with Crippen LogP contribution in [0.5, 0.6) is 17.2 Å². The van der Waals surface area contributed by atoms with E-state index in [4.69, 9.17) is 31.5 Å². The van der Waals surface area contributed by atoms with Gasteiger partial charge < -0.3 is 19.9 Å². The van der Waals surface area contributed by atoms with Gasteiger partial charge in [0.25, 0.3) is 5.69 Å². The Hall–Kier alpha value is -5.33. The second-order valence-corrected chi connectivity index (χ2v) is 9.14. The molecule has 0 aromatic heterocycles. The fraction of sp³-hybridized carbons (Fsp3) is 0.0667. The number of ether oxygens (including phenoxy) is 3. The summed E-state index contributed by atoms with van der Waals surface area (Å²) in [5.74, 6) is -0.532. The Morgan fingerprint density at radius 1 is 1.02 bits per heavy atom. The summed E-state index contributed by atoms with van der Waals surface area (Å²) in [4.78, 5) is 23.3. The average Bonchev–Trinajstić information content (AvgIpc) is 2.96. The first-order valence-corrected chi connectivity index (χ1v) is 12.4. The summed E-state index contributed by atoms with van der Waals surface area (Å²) in [6.45, 7) is 0.295. The topological polar surface area (TPSA) is 138 Å². The molecule has 4 aromatic rings. The van der Waals surface area contributed by atoms with Crippen LogP contribution in [0.1, 0.15) is 33.0 Å². The van der Waals surface area contributed by atoms with Gasteiger partial charge in [0.1, 0.15) is 41.1 Å². The quantitative estimate of drug-likeness (QED) is 0.122. The summed E-state index contributed by atoms with van der Waals surface area (Å²) in [5, 5.41) is 21.8. The predicted octanol–water partition coefficient (Wildman–Crippen LogP) is 6.26. The molecule has 40 heavy (non-hydrogen) atoms. The van der Waals surface area contributed by atoms with Crippen LogP contribution in [0.15, 0.2) is 102 Å². The average molecular weight is 554 g/mol. The van der Waals surface area contributed by atoms with Crippen LogP contribution in [0.4, 0.5) is 5.69 Å². The molecule has 10 heteroatoms. The van der Waals surface area contributed by atoms with E-state index >= 15 is 0 Å². The highest BCUT2D eigenvalue weighted by molar-refractivity contribution is 6.31. The molecule has 1 unspecified atom stereocenters. The molecule has 9 nitrogen and oxygen atoms in total. The van der Waals surface area contributed by atoms with Crippen LogP contribution in [0.3, 0.4) is 0 Å². The Labute approximate surface area is 233 Å². The van der Waals surface area contributed by atoms with E-state index in [2.05, 4.69) is 6.07 Å². The summed E-state index contributed by atoms with van der Waals surface area (Å²) in [5.41, 5.74) is 8.01. The van der Waals surface area contributed by atoms with Gasteiger partial charge in [0.2, 0.25) is 5.88 Å². The van der Waals surface area contributed by atoms with E-state index < -0.39 is 16.8 Å². The lowest BCUT2D eigenvalue weighted by atomic mass is 9.83. The summed E-state index contributed by atoms with van der Waals surface area (Å²) in [6.07, 6.45) is 0. The third-order valence-electron chi connectivity index (χ3n) is 6.29. The van der Waals surface area contributed by atoms with Crippen molar-refractivity contribution in [2.75, 3.05) is 0 Å². The van der Waals surface area contributed by atoms with E-state index in [1.165, 1.54) is 36.4 Å². The maximum absolute atomic E-state index is 12.7. The van der Waals surface area contributed by atoms with E-state index in [0.717, 1.165) is 11.1 Å². The third kappa shape index (κ3) is 5.29. The van der Waals surface area contributed by atoms with Crippen LogP contribution in [-0.2, 0) is 6.61 Å². The van der Waals surface area contributed by atoms with Crippen molar-refractivity contribution < 1.29 is 23.9 Å². The molecule has 1 aliphatic heterocycles. The Kier molecular flexibility index (Phi) is 7.35. The number of benzene rings is 4. The van der Waals surface area contributed by atoms with Gasteiger partial charge in [-0.3, -0.25) is 10.1 Å². The van der Waals surface area contributed by atoms with Crippen molar-refractivity contribution in [2.24, 2.45) is 5.73 Å². The zero-order valence-electron chi connectivity index (χ0n) is 20.7. The van der Waals surface area contributed by atoms with Gasteiger partial charge in [0, 0.05) is 28.3 Å². The number of hydrogen-bond acceptors (Lipinski definition) is 8. The second-order valence-electron chi connectivity index (χ2n) is 8.74. The van der Waals surface area contributed by atoms with E-state index in [-0.39, 0.29) is 34.2 Å². The van der Waals surface area contributed by atoms with Crippen LogP contribution in [0, 0.1) is 21.4 Å². The molecule has 0 amide bonds. The minimum absolute atomic E-state index is 0.0822. The number of hydrogen-bond donors (Lipinski definition) is 1. The molecule has 0 bridgehead atoms. The Morgan fingerprint density at radius 3 is 2.45 bits per heavy atom. The SMILES string of the molecule is N#CC1=C(N)Oc2cc(OC(=O)c3ccccc3[N+](=O)[O-])ccc2C1c1ccc(OCc2ccccc2Cl)cc1. The molecule has 4 aromatic carbocycles. The van der Waals surface area contributed by atoms with Crippen molar-refractivity contribution in [1.29, 1.82) is 5.26 Å². The number of nitrogens with zero attached hydrogens (tertiary/aromatic N) is 2. The first kappa shape index (κ1) is 26.3. The Balaban J connectivity index is 1.39. The van der Waals surface area contributed by atoms with Crippen LogP contribution in [0.25, 0.3) is 0 Å². The summed E-state index contributed by atoms with van der Waals surface area (Å²) in [6, 6.07) is 26.9. The highest BCUT2D eigenvalue weighted by Gasteiger charge is 2.31. The maximum Gasteiger partial charge on any atom is 0.350 e. The number of nitrogens with two attached hydrogens (primary N) is 1. The lowest BCUT2D eigenvalue weighted by Gasteiger charge is -2.26. The first-order valence-electron chi connectivity index (χ1n) is 12.0. The number of halogens is 1. The Morgan fingerprint density at radius 2 is 1.73 bits per heavy atom. The van der Waals surface area contributed by atoms with Crippen molar-refractivity contribution in [3.05, 3.63) is 140 Å². The maximum atomic E-state index is 12.7. The fourth-order valence-corrected chi connectivity index (χ4v) is 4.53. The second kappa shape index (κ2) is 11.2. The zero-order valence-corrected chi connectivity index (χ0v) is 21.5.